The van der Waals surface area contributed by atoms with Crippen LogP contribution in [0, 0.1) is 5.92 Å². The second-order valence-corrected chi connectivity index (χ2v) is 5.78. The van der Waals surface area contributed by atoms with Gasteiger partial charge < -0.3 is 4.74 Å². The van der Waals surface area contributed by atoms with Crippen LogP contribution in [0.3, 0.4) is 0 Å². The van der Waals surface area contributed by atoms with Gasteiger partial charge in [0.2, 0.25) is 0 Å². The van der Waals surface area contributed by atoms with Gasteiger partial charge in [0.25, 0.3) is 0 Å². The van der Waals surface area contributed by atoms with Crippen LogP contribution in [0.5, 0.6) is 0 Å². The first-order chi connectivity index (χ1) is 10.2. The van der Waals surface area contributed by atoms with E-state index in [0.29, 0.717) is 12.0 Å². The van der Waals surface area contributed by atoms with Gasteiger partial charge in [-0.15, -0.1) is 0 Å². The van der Waals surface area contributed by atoms with E-state index in [9.17, 15) is 0 Å². The lowest BCUT2D eigenvalue weighted by Crippen LogP contribution is -2.28. The molecule has 2 aromatic rings. The lowest BCUT2D eigenvalue weighted by molar-refractivity contribution is 0.164. The van der Waals surface area contributed by atoms with Crippen LogP contribution in [0.25, 0.3) is 5.69 Å². The molecule has 1 aromatic heterocycles. The third kappa shape index (κ3) is 3.31. The molecule has 0 aliphatic carbocycles. The predicted molar refractivity (Wildman–Crippen MR) is 81.3 cm³/mol. The van der Waals surface area contributed by atoms with E-state index in [2.05, 4.69) is 53.2 Å². The molecule has 0 saturated carbocycles. The monoisotopic (exact) mass is 286 g/mol. The molecule has 0 amide bonds. The molecule has 1 saturated heterocycles. The summed E-state index contributed by atoms with van der Waals surface area (Å²) in [5.74, 6) is 0.673. The lowest BCUT2D eigenvalue weighted by atomic mass is 10.0. The van der Waals surface area contributed by atoms with E-state index < -0.39 is 0 Å². The van der Waals surface area contributed by atoms with E-state index in [4.69, 9.17) is 4.74 Å². The van der Waals surface area contributed by atoms with Crippen molar-refractivity contribution in [1.29, 1.82) is 0 Å². The zero-order chi connectivity index (χ0) is 14.7. The van der Waals surface area contributed by atoms with Gasteiger partial charge in [-0.05, 0) is 44.0 Å². The molecule has 112 valence electrons. The SMILES string of the molecule is CC(c1ccc(-n2cncn2)cc1)N(C)CC1CCOC1. The van der Waals surface area contributed by atoms with E-state index in [1.54, 1.807) is 17.3 Å². The van der Waals surface area contributed by atoms with Crippen LogP contribution >= 0.6 is 0 Å². The van der Waals surface area contributed by atoms with Crippen molar-refractivity contribution in [3.8, 4) is 5.69 Å². The number of rotatable bonds is 5. The lowest BCUT2D eigenvalue weighted by Gasteiger charge is -2.27. The standard InChI is InChI=1S/C16H22N4O/c1-13(19(2)9-14-7-8-21-10-14)15-3-5-16(6-4-15)20-12-17-11-18-20/h3-6,11-14H,7-10H2,1-2H3. The van der Waals surface area contributed by atoms with Gasteiger partial charge in [0.15, 0.2) is 0 Å². The van der Waals surface area contributed by atoms with Gasteiger partial charge >= 0.3 is 0 Å². The summed E-state index contributed by atoms with van der Waals surface area (Å²) in [6.45, 7) is 5.16. The van der Waals surface area contributed by atoms with Crippen molar-refractivity contribution >= 4 is 0 Å². The van der Waals surface area contributed by atoms with Crippen molar-refractivity contribution in [3.63, 3.8) is 0 Å². The predicted octanol–water partition coefficient (Wildman–Crippen LogP) is 2.30. The van der Waals surface area contributed by atoms with E-state index in [1.165, 1.54) is 12.0 Å². The Kier molecular flexibility index (Phi) is 4.31. The summed E-state index contributed by atoms with van der Waals surface area (Å²) < 4.78 is 7.23. The van der Waals surface area contributed by atoms with Gasteiger partial charge in [0.05, 0.1) is 12.3 Å². The van der Waals surface area contributed by atoms with Gasteiger partial charge in [-0.25, -0.2) is 9.67 Å². The Morgan fingerprint density at radius 1 is 1.38 bits per heavy atom. The highest BCUT2D eigenvalue weighted by Gasteiger charge is 2.20. The van der Waals surface area contributed by atoms with Crippen molar-refractivity contribution in [2.24, 2.45) is 5.92 Å². The molecule has 1 aromatic carbocycles. The minimum absolute atomic E-state index is 0.399. The van der Waals surface area contributed by atoms with Crippen LogP contribution < -0.4 is 0 Å². The molecule has 5 heteroatoms. The summed E-state index contributed by atoms with van der Waals surface area (Å²) in [6, 6.07) is 8.92. The number of nitrogens with zero attached hydrogens (tertiary/aromatic N) is 4. The first kappa shape index (κ1) is 14.2. The third-order valence-electron chi connectivity index (χ3n) is 4.29. The Morgan fingerprint density at radius 3 is 2.81 bits per heavy atom. The molecule has 0 N–H and O–H groups in total. The van der Waals surface area contributed by atoms with E-state index in [0.717, 1.165) is 25.4 Å². The van der Waals surface area contributed by atoms with E-state index in [-0.39, 0.29) is 0 Å². The van der Waals surface area contributed by atoms with Crippen molar-refractivity contribution in [3.05, 3.63) is 42.5 Å². The topological polar surface area (TPSA) is 43.2 Å². The second-order valence-electron chi connectivity index (χ2n) is 5.78. The Balaban J connectivity index is 1.65. The van der Waals surface area contributed by atoms with Crippen LogP contribution in [0.4, 0.5) is 0 Å². The average Bonchev–Trinajstić information content (AvgIpc) is 3.20. The zero-order valence-corrected chi connectivity index (χ0v) is 12.6. The zero-order valence-electron chi connectivity index (χ0n) is 12.6. The maximum Gasteiger partial charge on any atom is 0.138 e. The van der Waals surface area contributed by atoms with Crippen molar-refractivity contribution in [2.45, 2.75) is 19.4 Å². The molecule has 2 unspecified atom stereocenters. The molecule has 5 nitrogen and oxygen atoms in total. The number of benzene rings is 1. The van der Waals surface area contributed by atoms with Crippen LogP contribution in [-0.2, 0) is 4.74 Å². The average molecular weight is 286 g/mol. The molecule has 2 atom stereocenters. The molecular formula is C16H22N4O. The largest absolute Gasteiger partial charge is 0.381 e. The summed E-state index contributed by atoms with van der Waals surface area (Å²) in [7, 11) is 2.19. The van der Waals surface area contributed by atoms with Crippen LogP contribution in [-0.4, -0.2) is 46.5 Å². The fourth-order valence-electron chi connectivity index (χ4n) is 2.79. The number of hydrogen-bond acceptors (Lipinski definition) is 4. The molecular weight excluding hydrogens is 264 g/mol. The molecule has 2 heterocycles. The highest BCUT2D eigenvalue weighted by molar-refractivity contribution is 5.34. The normalized spacial score (nSPS) is 20.0. The number of hydrogen-bond donors (Lipinski definition) is 0. The maximum atomic E-state index is 5.46. The highest BCUT2D eigenvalue weighted by atomic mass is 16.5. The third-order valence-corrected chi connectivity index (χ3v) is 4.29. The summed E-state index contributed by atoms with van der Waals surface area (Å²) >= 11 is 0. The Bertz CT molecular complexity index is 546. The van der Waals surface area contributed by atoms with Crippen LogP contribution in [0.15, 0.2) is 36.9 Å². The van der Waals surface area contributed by atoms with Gasteiger partial charge in [-0.2, -0.15) is 5.10 Å². The van der Waals surface area contributed by atoms with E-state index in [1.807, 2.05) is 0 Å². The summed E-state index contributed by atoms with van der Waals surface area (Å²) in [4.78, 5) is 6.38. The number of ether oxygens (including phenoxy) is 1. The molecule has 21 heavy (non-hydrogen) atoms. The maximum absolute atomic E-state index is 5.46. The Hall–Kier alpha value is -1.72. The van der Waals surface area contributed by atoms with Crippen molar-refractivity contribution in [2.75, 3.05) is 26.8 Å². The molecule has 3 rings (SSSR count). The highest BCUT2D eigenvalue weighted by Crippen LogP contribution is 2.23. The minimum Gasteiger partial charge on any atom is -0.381 e. The van der Waals surface area contributed by atoms with Crippen LogP contribution in [0.2, 0.25) is 0 Å². The summed E-state index contributed by atoms with van der Waals surface area (Å²) in [5, 5.41) is 4.15. The molecule has 1 aliphatic heterocycles. The Morgan fingerprint density at radius 2 is 2.19 bits per heavy atom. The first-order valence-electron chi connectivity index (χ1n) is 7.47. The molecule has 0 bridgehead atoms. The molecule has 1 aliphatic rings. The Labute approximate surface area is 125 Å². The fraction of sp³-hybridized carbons (Fsp3) is 0.500. The van der Waals surface area contributed by atoms with Crippen molar-refractivity contribution in [1.82, 2.24) is 19.7 Å². The first-order valence-corrected chi connectivity index (χ1v) is 7.47. The van der Waals surface area contributed by atoms with Gasteiger partial charge in [0, 0.05) is 19.2 Å². The quantitative estimate of drug-likeness (QED) is 0.846. The molecule has 0 radical (unpaired) electrons. The molecule has 0 spiro atoms. The van der Waals surface area contributed by atoms with Crippen LogP contribution in [0.1, 0.15) is 24.9 Å². The number of aromatic nitrogens is 3. The van der Waals surface area contributed by atoms with Crippen molar-refractivity contribution < 1.29 is 4.74 Å². The molecule has 1 fully saturated rings. The smallest absolute Gasteiger partial charge is 0.138 e. The fourth-order valence-corrected chi connectivity index (χ4v) is 2.79. The second kappa shape index (κ2) is 6.37. The van der Waals surface area contributed by atoms with Gasteiger partial charge in [-0.3, -0.25) is 4.90 Å². The van der Waals surface area contributed by atoms with E-state index >= 15 is 0 Å². The van der Waals surface area contributed by atoms with Gasteiger partial charge in [-0.1, -0.05) is 12.1 Å². The van der Waals surface area contributed by atoms with Gasteiger partial charge in [0.1, 0.15) is 12.7 Å². The summed E-state index contributed by atoms with van der Waals surface area (Å²) in [6.07, 6.45) is 4.45. The minimum atomic E-state index is 0.399. The summed E-state index contributed by atoms with van der Waals surface area (Å²) in [5.41, 5.74) is 2.36.